The van der Waals surface area contributed by atoms with Gasteiger partial charge in [0.15, 0.2) is 0 Å². The molecule has 8 heteroatoms. The number of carbonyl (C=O) groups excluding carboxylic acids is 1. The Morgan fingerprint density at radius 2 is 1.90 bits per heavy atom. The third-order valence-corrected chi connectivity index (χ3v) is 5.91. The van der Waals surface area contributed by atoms with Gasteiger partial charge >= 0.3 is 5.97 Å². The van der Waals surface area contributed by atoms with Crippen molar-refractivity contribution in [3.63, 3.8) is 0 Å². The van der Waals surface area contributed by atoms with Crippen molar-refractivity contribution in [2.24, 2.45) is 5.73 Å². The number of ether oxygens (including phenoxy) is 1. The van der Waals surface area contributed by atoms with Crippen LogP contribution in [0.25, 0.3) is 0 Å². The van der Waals surface area contributed by atoms with Crippen LogP contribution in [0.2, 0.25) is 0 Å². The predicted octanol–water partition coefficient (Wildman–Crippen LogP) is -0.623. The Morgan fingerprint density at radius 3 is 2.43 bits per heavy atom. The molecular weight excluding hydrogens is 294 g/mol. The lowest BCUT2D eigenvalue weighted by molar-refractivity contribution is -0.149. The van der Waals surface area contributed by atoms with Crippen molar-refractivity contribution in [3.8, 4) is 0 Å². The largest absolute Gasteiger partial charge is 0.468 e. The summed E-state index contributed by atoms with van der Waals surface area (Å²) in [5.41, 5.74) is 5.30. The SMILES string of the molecule is COC(=O)C1(N)CCCC(N2CCN(S(C)(=O)=O)CC2)C1. The normalized spacial score (nSPS) is 32.8. The summed E-state index contributed by atoms with van der Waals surface area (Å²) in [6.07, 6.45) is 4.36. The molecule has 2 rings (SSSR count). The summed E-state index contributed by atoms with van der Waals surface area (Å²) in [5.74, 6) is -0.345. The molecule has 21 heavy (non-hydrogen) atoms. The first kappa shape index (κ1) is 16.7. The molecule has 2 unspecified atom stereocenters. The molecule has 2 N–H and O–H groups in total. The zero-order chi connectivity index (χ0) is 15.7. The van der Waals surface area contributed by atoms with Gasteiger partial charge in [0.05, 0.1) is 13.4 Å². The van der Waals surface area contributed by atoms with Gasteiger partial charge in [-0.05, 0) is 25.7 Å². The maximum absolute atomic E-state index is 11.8. The van der Waals surface area contributed by atoms with Gasteiger partial charge in [0, 0.05) is 32.2 Å². The Kier molecular flexibility index (Phi) is 4.92. The molecule has 1 aliphatic heterocycles. The number of rotatable bonds is 3. The summed E-state index contributed by atoms with van der Waals surface area (Å²) >= 11 is 0. The molecule has 2 atom stereocenters. The third-order valence-electron chi connectivity index (χ3n) is 4.61. The first-order valence-corrected chi connectivity index (χ1v) is 9.17. The van der Waals surface area contributed by atoms with Crippen molar-refractivity contribution in [2.45, 2.75) is 37.3 Å². The third kappa shape index (κ3) is 3.74. The molecule has 1 aliphatic carbocycles. The summed E-state index contributed by atoms with van der Waals surface area (Å²) in [6, 6.07) is 0.226. The maximum atomic E-state index is 11.8. The van der Waals surface area contributed by atoms with Crippen LogP contribution in [0, 0.1) is 0 Å². The van der Waals surface area contributed by atoms with Gasteiger partial charge < -0.3 is 10.5 Å². The summed E-state index contributed by atoms with van der Waals surface area (Å²) in [6.45, 7) is 2.39. The van der Waals surface area contributed by atoms with E-state index in [4.69, 9.17) is 10.5 Å². The lowest BCUT2D eigenvalue weighted by Crippen LogP contribution is -2.59. The molecule has 0 aromatic heterocycles. The fourth-order valence-corrected chi connectivity index (χ4v) is 4.21. The molecule has 1 saturated heterocycles. The molecule has 0 bridgehead atoms. The highest BCUT2D eigenvalue weighted by molar-refractivity contribution is 7.88. The Balaban J connectivity index is 1.96. The summed E-state index contributed by atoms with van der Waals surface area (Å²) < 4.78 is 29.4. The van der Waals surface area contributed by atoms with Gasteiger partial charge in [0.2, 0.25) is 10.0 Å². The molecule has 1 heterocycles. The number of nitrogens with two attached hydrogens (primary N) is 1. The van der Waals surface area contributed by atoms with Crippen LogP contribution in [0.4, 0.5) is 0 Å². The van der Waals surface area contributed by atoms with Gasteiger partial charge in [-0.3, -0.25) is 9.69 Å². The number of nitrogens with zero attached hydrogens (tertiary/aromatic N) is 2. The molecule has 2 fully saturated rings. The summed E-state index contributed by atoms with van der Waals surface area (Å²) in [7, 11) is -1.75. The monoisotopic (exact) mass is 319 g/mol. The van der Waals surface area contributed by atoms with E-state index in [9.17, 15) is 13.2 Å². The lowest BCUT2D eigenvalue weighted by atomic mass is 9.79. The highest BCUT2D eigenvalue weighted by atomic mass is 32.2. The molecule has 0 spiro atoms. The fraction of sp³-hybridized carbons (Fsp3) is 0.923. The molecule has 1 saturated carbocycles. The van der Waals surface area contributed by atoms with Crippen LogP contribution in [-0.2, 0) is 19.6 Å². The first-order chi connectivity index (χ1) is 9.76. The highest BCUT2D eigenvalue weighted by Crippen LogP contribution is 2.31. The smallest absolute Gasteiger partial charge is 0.325 e. The zero-order valence-corrected chi connectivity index (χ0v) is 13.6. The number of esters is 1. The zero-order valence-electron chi connectivity index (χ0n) is 12.7. The van der Waals surface area contributed by atoms with Gasteiger partial charge in [-0.25, -0.2) is 8.42 Å². The number of sulfonamides is 1. The van der Waals surface area contributed by atoms with Crippen LogP contribution in [0.15, 0.2) is 0 Å². The molecule has 7 nitrogen and oxygen atoms in total. The Morgan fingerprint density at radius 1 is 1.29 bits per heavy atom. The quantitative estimate of drug-likeness (QED) is 0.697. The number of hydrogen-bond acceptors (Lipinski definition) is 6. The Hall–Kier alpha value is -0.700. The van der Waals surface area contributed by atoms with Crippen molar-refractivity contribution in [3.05, 3.63) is 0 Å². The minimum Gasteiger partial charge on any atom is -0.468 e. The van der Waals surface area contributed by atoms with Gasteiger partial charge in [-0.15, -0.1) is 0 Å². The molecule has 0 aromatic rings. The second-order valence-corrected chi connectivity index (χ2v) is 8.08. The van der Waals surface area contributed by atoms with Crippen LogP contribution in [0.1, 0.15) is 25.7 Å². The van der Waals surface area contributed by atoms with Crippen LogP contribution in [-0.4, -0.2) is 74.7 Å². The summed E-state index contributed by atoms with van der Waals surface area (Å²) in [4.78, 5) is 14.1. The van der Waals surface area contributed by atoms with Crippen LogP contribution >= 0.6 is 0 Å². The molecule has 122 valence electrons. The van der Waals surface area contributed by atoms with E-state index in [1.54, 1.807) is 0 Å². The molecule has 2 aliphatic rings. The first-order valence-electron chi connectivity index (χ1n) is 7.33. The van der Waals surface area contributed by atoms with E-state index in [2.05, 4.69) is 4.90 Å². The van der Waals surface area contributed by atoms with E-state index in [-0.39, 0.29) is 12.0 Å². The van der Waals surface area contributed by atoms with Gasteiger partial charge in [0.1, 0.15) is 5.54 Å². The van der Waals surface area contributed by atoms with Crippen LogP contribution < -0.4 is 5.73 Å². The number of carbonyl (C=O) groups is 1. The van der Waals surface area contributed by atoms with Gasteiger partial charge in [-0.2, -0.15) is 4.31 Å². The van der Waals surface area contributed by atoms with E-state index >= 15 is 0 Å². The van der Waals surface area contributed by atoms with E-state index in [0.717, 1.165) is 12.8 Å². The van der Waals surface area contributed by atoms with Crippen molar-refractivity contribution in [2.75, 3.05) is 39.5 Å². The minimum absolute atomic E-state index is 0.226. The van der Waals surface area contributed by atoms with Crippen LogP contribution in [0.3, 0.4) is 0 Å². The topological polar surface area (TPSA) is 92.9 Å². The standard InChI is InChI=1S/C13H25N3O4S/c1-20-12(17)13(14)5-3-4-11(10-13)15-6-8-16(9-7-15)21(2,18)19/h11H,3-10,14H2,1-2H3. The second kappa shape index (κ2) is 6.20. The summed E-state index contributed by atoms with van der Waals surface area (Å²) in [5, 5.41) is 0. The van der Waals surface area contributed by atoms with Gasteiger partial charge in [-0.1, -0.05) is 0 Å². The maximum Gasteiger partial charge on any atom is 0.325 e. The fourth-order valence-electron chi connectivity index (χ4n) is 3.38. The van der Waals surface area contributed by atoms with Crippen molar-refractivity contribution < 1.29 is 17.9 Å². The Bertz CT molecular complexity index is 488. The molecular formula is C13H25N3O4S. The minimum atomic E-state index is -3.11. The lowest BCUT2D eigenvalue weighted by Gasteiger charge is -2.44. The molecule has 0 amide bonds. The molecule has 0 aromatic carbocycles. The average molecular weight is 319 g/mol. The Labute approximate surface area is 126 Å². The van der Waals surface area contributed by atoms with Crippen LogP contribution in [0.5, 0.6) is 0 Å². The highest BCUT2D eigenvalue weighted by Gasteiger charge is 2.42. The van der Waals surface area contributed by atoms with Crippen molar-refractivity contribution >= 4 is 16.0 Å². The number of piperazine rings is 1. The van der Waals surface area contributed by atoms with E-state index in [1.165, 1.54) is 17.7 Å². The van der Waals surface area contributed by atoms with Crippen molar-refractivity contribution in [1.29, 1.82) is 0 Å². The van der Waals surface area contributed by atoms with E-state index in [1.807, 2.05) is 0 Å². The predicted molar refractivity (Wildman–Crippen MR) is 79.2 cm³/mol. The van der Waals surface area contributed by atoms with Gasteiger partial charge in [0.25, 0.3) is 0 Å². The number of hydrogen-bond donors (Lipinski definition) is 1. The van der Waals surface area contributed by atoms with E-state index < -0.39 is 15.6 Å². The average Bonchev–Trinajstić information content (AvgIpc) is 2.45. The van der Waals surface area contributed by atoms with E-state index in [0.29, 0.717) is 39.0 Å². The second-order valence-electron chi connectivity index (χ2n) is 6.10. The van der Waals surface area contributed by atoms with Crippen molar-refractivity contribution in [1.82, 2.24) is 9.21 Å². The number of methoxy groups -OCH3 is 1. The molecule has 0 radical (unpaired) electrons.